The van der Waals surface area contributed by atoms with Crippen molar-refractivity contribution >= 4 is 17.3 Å². The summed E-state index contributed by atoms with van der Waals surface area (Å²) in [4.78, 5) is 11.7. The minimum Gasteiger partial charge on any atom is -0.459 e. The molecule has 0 bridgehead atoms. The number of hydrogen-bond donors (Lipinski definition) is 1. The summed E-state index contributed by atoms with van der Waals surface area (Å²) in [6.07, 6.45) is 0.941. The maximum atomic E-state index is 11.7. The van der Waals surface area contributed by atoms with Crippen LogP contribution in [0.3, 0.4) is 0 Å². The summed E-state index contributed by atoms with van der Waals surface area (Å²) in [5, 5.41) is 7.36. The molecule has 0 amide bonds. The second-order valence-electron chi connectivity index (χ2n) is 5.09. The van der Waals surface area contributed by atoms with Gasteiger partial charge in [0.1, 0.15) is 11.6 Å². The highest BCUT2D eigenvalue weighted by molar-refractivity contribution is 7.07. The van der Waals surface area contributed by atoms with Crippen LogP contribution in [0, 0.1) is 0 Å². The van der Waals surface area contributed by atoms with E-state index in [9.17, 15) is 4.79 Å². The van der Waals surface area contributed by atoms with Crippen molar-refractivity contribution in [2.75, 3.05) is 6.54 Å². The predicted octanol–water partition coefficient (Wildman–Crippen LogP) is 2.61. The van der Waals surface area contributed by atoms with Crippen molar-refractivity contribution in [3.8, 4) is 0 Å². The van der Waals surface area contributed by atoms with Crippen LogP contribution in [0.4, 0.5) is 0 Å². The number of esters is 1. The van der Waals surface area contributed by atoms with E-state index in [-0.39, 0.29) is 12.0 Å². The average Bonchev–Trinajstić information content (AvgIpc) is 2.67. The largest absolute Gasteiger partial charge is 0.459 e. The first-order chi connectivity index (χ1) is 7.88. The molecule has 1 aromatic heterocycles. The van der Waals surface area contributed by atoms with Crippen molar-refractivity contribution in [1.82, 2.24) is 5.32 Å². The van der Waals surface area contributed by atoms with E-state index in [1.165, 1.54) is 5.56 Å². The second-order valence-corrected chi connectivity index (χ2v) is 5.87. The molecule has 0 aliphatic heterocycles. The van der Waals surface area contributed by atoms with Crippen LogP contribution in [-0.2, 0) is 16.0 Å². The van der Waals surface area contributed by atoms with Crippen molar-refractivity contribution in [1.29, 1.82) is 0 Å². The Bertz CT molecular complexity index is 341. The molecule has 0 fully saturated rings. The smallest absolute Gasteiger partial charge is 0.323 e. The highest BCUT2D eigenvalue weighted by Crippen LogP contribution is 2.09. The van der Waals surface area contributed by atoms with Crippen molar-refractivity contribution in [2.24, 2.45) is 0 Å². The molecule has 1 heterocycles. The van der Waals surface area contributed by atoms with Gasteiger partial charge in [0.2, 0.25) is 0 Å². The van der Waals surface area contributed by atoms with Crippen LogP contribution in [0.5, 0.6) is 0 Å². The van der Waals surface area contributed by atoms with Crippen LogP contribution < -0.4 is 5.32 Å². The normalized spacial score (nSPS) is 13.4. The van der Waals surface area contributed by atoms with Gasteiger partial charge in [0, 0.05) is 0 Å². The Morgan fingerprint density at radius 3 is 2.76 bits per heavy atom. The van der Waals surface area contributed by atoms with Crippen LogP contribution >= 0.6 is 11.3 Å². The molecule has 17 heavy (non-hydrogen) atoms. The number of hydrogen-bond acceptors (Lipinski definition) is 4. The number of ether oxygens (including phenoxy) is 1. The summed E-state index contributed by atoms with van der Waals surface area (Å²) in [5.74, 6) is -0.192. The lowest BCUT2D eigenvalue weighted by Crippen LogP contribution is -2.40. The summed E-state index contributed by atoms with van der Waals surface area (Å²) in [6, 6.07) is 1.85. The zero-order chi connectivity index (χ0) is 12.9. The van der Waals surface area contributed by atoms with Gasteiger partial charge < -0.3 is 10.1 Å². The molecule has 3 nitrogen and oxygen atoms in total. The Kier molecular flexibility index (Phi) is 5.15. The van der Waals surface area contributed by atoms with Crippen molar-refractivity contribution in [3.63, 3.8) is 0 Å². The van der Waals surface area contributed by atoms with E-state index < -0.39 is 5.60 Å². The van der Waals surface area contributed by atoms with Crippen LogP contribution in [-0.4, -0.2) is 24.2 Å². The number of thiophene rings is 1. The lowest BCUT2D eigenvalue weighted by Gasteiger charge is -2.22. The molecular weight excluding hydrogens is 234 g/mol. The van der Waals surface area contributed by atoms with Gasteiger partial charge in [-0.25, -0.2) is 0 Å². The maximum absolute atomic E-state index is 11.7. The fraction of sp³-hybridized carbons (Fsp3) is 0.615. The van der Waals surface area contributed by atoms with Crippen molar-refractivity contribution < 1.29 is 9.53 Å². The first-order valence-corrected chi connectivity index (χ1v) is 6.80. The average molecular weight is 255 g/mol. The van der Waals surface area contributed by atoms with E-state index in [1.54, 1.807) is 11.3 Å². The molecule has 1 rings (SSSR count). The molecule has 1 aromatic rings. The summed E-state index contributed by atoms with van der Waals surface area (Å²) in [6.45, 7) is 8.26. The number of nitrogens with one attached hydrogen (secondary N) is 1. The molecule has 1 N–H and O–H groups in total. The van der Waals surface area contributed by atoms with Gasteiger partial charge in [-0.3, -0.25) is 4.79 Å². The van der Waals surface area contributed by atoms with E-state index >= 15 is 0 Å². The van der Waals surface area contributed by atoms with Crippen LogP contribution in [0.2, 0.25) is 0 Å². The van der Waals surface area contributed by atoms with E-state index in [1.807, 2.05) is 27.7 Å². The summed E-state index contributed by atoms with van der Waals surface area (Å²) in [7, 11) is 0. The zero-order valence-corrected chi connectivity index (χ0v) is 11.8. The van der Waals surface area contributed by atoms with E-state index in [2.05, 4.69) is 22.1 Å². The molecule has 0 saturated carbocycles. The molecular formula is C13H21NO2S. The van der Waals surface area contributed by atoms with Gasteiger partial charge in [0.25, 0.3) is 0 Å². The van der Waals surface area contributed by atoms with E-state index in [0.29, 0.717) is 0 Å². The topological polar surface area (TPSA) is 38.3 Å². The third-order valence-corrected chi connectivity index (χ3v) is 2.94. The highest BCUT2D eigenvalue weighted by Gasteiger charge is 2.20. The number of carbonyl (C=O) groups excluding carboxylic acids is 1. The van der Waals surface area contributed by atoms with Crippen molar-refractivity contribution in [3.05, 3.63) is 22.4 Å². The minimum absolute atomic E-state index is 0.192. The second kappa shape index (κ2) is 6.17. The Morgan fingerprint density at radius 2 is 2.24 bits per heavy atom. The van der Waals surface area contributed by atoms with Crippen LogP contribution in [0.25, 0.3) is 0 Å². The quantitative estimate of drug-likeness (QED) is 0.822. The molecule has 96 valence electrons. The fourth-order valence-electron chi connectivity index (χ4n) is 1.34. The van der Waals surface area contributed by atoms with Gasteiger partial charge in [-0.15, -0.1) is 0 Å². The Balaban J connectivity index is 2.25. The fourth-order valence-corrected chi connectivity index (χ4v) is 2.04. The van der Waals surface area contributed by atoms with Gasteiger partial charge in [-0.1, -0.05) is 0 Å². The molecule has 0 aliphatic rings. The van der Waals surface area contributed by atoms with Gasteiger partial charge >= 0.3 is 5.97 Å². The molecule has 1 unspecified atom stereocenters. The Labute approximate surface area is 107 Å². The lowest BCUT2D eigenvalue weighted by atomic mass is 10.2. The maximum Gasteiger partial charge on any atom is 0.323 e. The van der Waals surface area contributed by atoms with Crippen LogP contribution in [0.1, 0.15) is 33.3 Å². The molecule has 0 spiro atoms. The third-order valence-electron chi connectivity index (χ3n) is 2.20. The Morgan fingerprint density at radius 1 is 1.53 bits per heavy atom. The Hall–Kier alpha value is -0.870. The highest BCUT2D eigenvalue weighted by atomic mass is 32.1. The van der Waals surface area contributed by atoms with Gasteiger partial charge in [0.15, 0.2) is 0 Å². The molecule has 0 saturated heterocycles. The van der Waals surface area contributed by atoms with Crippen LogP contribution in [0.15, 0.2) is 16.8 Å². The SMILES string of the molecule is CC(NCCc1ccsc1)C(=O)OC(C)(C)C. The monoisotopic (exact) mass is 255 g/mol. The summed E-state index contributed by atoms with van der Waals surface area (Å²) in [5.41, 5.74) is 0.888. The first-order valence-electron chi connectivity index (χ1n) is 5.86. The number of rotatable bonds is 5. The standard InChI is InChI=1S/C13H21NO2S/c1-10(12(15)16-13(2,3)4)14-7-5-11-6-8-17-9-11/h6,8-10,14H,5,7H2,1-4H3. The van der Waals surface area contributed by atoms with E-state index in [0.717, 1.165) is 13.0 Å². The number of carbonyl (C=O) groups is 1. The predicted molar refractivity (Wildman–Crippen MR) is 71.3 cm³/mol. The van der Waals surface area contributed by atoms with E-state index in [4.69, 9.17) is 4.74 Å². The summed E-state index contributed by atoms with van der Waals surface area (Å²) < 4.78 is 5.29. The third kappa shape index (κ3) is 5.84. The minimum atomic E-state index is -0.416. The molecule has 0 aliphatic carbocycles. The lowest BCUT2D eigenvalue weighted by molar-refractivity contribution is -0.156. The van der Waals surface area contributed by atoms with Crippen molar-refractivity contribution in [2.45, 2.75) is 45.8 Å². The first kappa shape index (κ1) is 14.2. The molecule has 0 aromatic carbocycles. The van der Waals surface area contributed by atoms with Gasteiger partial charge in [-0.05, 0) is 63.1 Å². The summed E-state index contributed by atoms with van der Waals surface area (Å²) >= 11 is 1.69. The molecule has 0 radical (unpaired) electrons. The van der Waals surface area contributed by atoms with Gasteiger partial charge in [-0.2, -0.15) is 11.3 Å². The molecule has 4 heteroatoms. The zero-order valence-electron chi connectivity index (χ0n) is 10.9. The molecule has 1 atom stereocenters. The van der Waals surface area contributed by atoms with Gasteiger partial charge in [0.05, 0.1) is 0 Å².